The maximum absolute atomic E-state index is 8.89. The van der Waals surface area contributed by atoms with Gasteiger partial charge in [-0.05, 0) is 42.7 Å². The molecule has 0 aliphatic heterocycles. The number of nitrogens with zero attached hydrogens (tertiary/aromatic N) is 1. The second kappa shape index (κ2) is 6.06. The van der Waals surface area contributed by atoms with E-state index >= 15 is 0 Å². The van der Waals surface area contributed by atoms with Gasteiger partial charge in [0.25, 0.3) is 0 Å². The molecule has 1 rings (SSSR count). The van der Waals surface area contributed by atoms with Crippen LogP contribution in [0, 0.1) is 0 Å². The molecule has 0 amide bonds. The fourth-order valence-electron chi connectivity index (χ4n) is 1.38. The van der Waals surface area contributed by atoms with Crippen LogP contribution in [0.4, 0.5) is 0 Å². The van der Waals surface area contributed by atoms with Gasteiger partial charge in [-0.1, -0.05) is 18.5 Å². The summed E-state index contributed by atoms with van der Waals surface area (Å²) in [5, 5.41) is 12.2. The van der Waals surface area contributed by atoms with Crippen molar-refractivity contribution in [3.8, 4) is 5.75 Å². The van der Waals surface area contributed by atoms with Gasteiger partial charge in [-0.3, -0.25) is 0 Å². The van der Waals surface area contributed by atoms with Crippen molar-refractivity contribution in [1.82, 2.24) is 0 Å². The van der Waals surface area contributed by atoms with E-state index in [4.69, 9.17) is 9.94 Å². The second-order valence-electron chi connectivity index (χ2n) is 3.38. The molecule has 3 nitrogen and oxygen atoms in total. The summed E-state index contributed by atoms with van der Waals surface area (Å²) in [6, 6.07) is 7.55. The van der Waals surface area contributed by atoms with E-state index in [0.717, 1.165) is 36.3 Å². The molecule has 0 saturated heterocycles. The molecule has 1 aromatic carbocycles. The van der Waals surface area contributed by atoms with E-state index in [0.29, 0.717) is 0 Å². The summed E-state index contributed by atoms with van der Waals surface area (Å²) in [6.45, 7) is 2.11. The molecule has 82 valence electrons. The van der Waals surface area contributed by atoms with Crippen molar-refractivity contribution in [1.29, 1.82) is 0 Å². The van der Waals surface area contributed by atoms with Crippen molar-refractivity contribution >= 4 is 5.71 Å². The molecule has 0 aliphatic rings. The maximum atomic E-state index is 8.89. The number of rotatable bonds is 5. The monoisotopic (exact) mass is 207 g/mol. The lowest BCUT2D eigenvalue weighted by molar-refractivity contribution is 0.318. The summed E-state index contributed by atoms with van der Waals surface area (Å²) in [6.07, 6.45) is 2.93. The first-order valence-corrected chi connectivity index (χ1v) is 5.17. The number of methoxy groups -OCH3 is 1. The number of hydrogen-bond acceptors (Lipinski definition) is 3. The van der Waals surface area contributed by atoms with Crippen LogP contribution in [0.1, 0.15) is 31.7 Å². The number of ether oxygens (including phenoxy) is 1. The normalized spacial score (nSPS) is 11.5. The lowest BCUT2D eigenvalue weighted by Crippen LogP contribution is -2.00. The summed E-state index contributed by atoms with van der Waals surface area (Å²) in [4.78, 5) is 0. The van der Waals surface area contributed by atoms with Crippen molar-refractivity contribution in [2.75, 3.05) is 7.11 Å². The molecule has 3 heteroatoms. The van der Waals surface area contributed by atoms with Crippen LogP contribution in [0.5, 0.6) is 5.75 Å². The van der Waals surface area contributed by atoms with E-state index in [2.05, 4.69) is 12.1 Å². The van der Waals surface area contributed by atoms with Gasteiger partial charge in [-0.15, -0.1) is 0 Å². The third kappa shape index (κ3) is 3.27. The first-order valence-electron chi connectivity index (χ1n) is 5.17. The Balaban J connectivity index is 2.75. The highest BCUT2D eigenvalue weighted by atomic mass is 16.5. The molecule has 15 heavy (non-hydrogen) atoms. The van der Waals surface area contributed by atoms with E-state index in [1.54, 1.807) is 7.11 Å². The highest BCUT2D eigenvalue weighted by Crippen LogP contribution is 2.14. The Morgan fingerprint density at radius 2 is 2.00 bits per heavy atom. The zero-order valence-electron chi connectivity index (χ0n) is 9.23. The quantitative estimate of drug-likeness (QED) is 0.458. The average Bonchev–Trinajstić information content (AvgIpc) is 2.31. The molecular weight excluding hydrogens is 190 g/mol. The van der Waals surface area contributed by atoms with Crippen LogP contribution in [0.15, 0.2) is 29.4 Å². The molecule has 0 aromatic heterocycles. The van der Waals surface area contributed by atoms with Gasteiger partial charge < -0.3 is 9.94 Å². The first-order chi connectivity index (χ1) is 7.31. The van der Waals surface area contributed by atoms with Crippen LogP contribution in [0.25, 0.3) is 0 Å². The van der Waals surface area contributed by atoms with Gasteiger partial charge in [0.15, 0.2) is 0 Å². The number of hydrogen-bond donors (Lipinski definition) is 1. The fourth-order valence-corrected chi connectivity index (χ4v) is 1.38. The summed E-state index contributed by atoms with van der Waals surface area (Å²) >= 11 is 0. The van der Waals surface area contributed by atoms with E-state index in [-0.39, 0.29) is 0 Å². The molecule has 0 atom stereocenters. The van der Waals surface area contributed by atoms with Crippen molar-refractivity contribution in [3.05, 3.63) is 29.8 Å². The Morgan fingerprint density at radius 3 is 2.47 bits per heavy atom. The number of benzene rings is 1. The average molecular weight is 207 g/mol. The van der Waals surface area contributed by atoms with E-state index in [1.165, 1.54) is 0 Å². The van der Waals surface area contributed by atoms with E-state index < -0.39 is 0 Å². The molecule has 0 radical (unpaired) electrons. The van der Waals surface area contributed by atoms with Crippen LogP contribution in [-0.4, -0.2) is 18.0 Å². The maximum Gasteiger partial charge on any atom is 0.118 e. The molecule has 0 saturated carbocycles. The van der Waals surface area contributed by atoms with Gasteiger partial charge in [0, 0.05) is 0 Å². The van der Waals surface area contributed by atoms with Crippen LogP contribution in [0.2, 0.25) is 0 Å². The topological polar surface area (TPSA) is 41.8 Å². The van der Waals surface area contributed by atoms with Gasteiger partial charge in [-0.25, -0.2) is 0 Å². The van der Waals surface area contributed by atoms with E-state index in [1.807, 2.05) is 24.3 Å². The van der Waals surface area contributed by atoms with Gasteiger partial charge in [0.2, 0.25) is 0 Å². The van der Waals surface area contributed by atoms with Crippen molar-refractivity contribution in [2.45, 2.75) is 26.2 Å². The van der Waals surface area contributed by atoms with Gasteiger partial charge in [0.1, 0.15) is 5.75 Å². The van der Waals surface area contributed by atoms with Crippen LogP contribution in [0.3, 0.4) is 0 Å². The van der Waals surface area contributed by atoms with Crippen molar-refractivity contribution < 1.29 is 9.94 Å². The molecule has 1 aromatic rings. The Morgan fingerprint density at radius 1 is 1.33 bits per heavy atom. The summed E-state index contributed by atoms with van der Waals surface area (Å²) in [7, 11) is 1.63. The molecule has 0 bridgehead atoms. The standard InChI is InChI=1S/C12H17NO2/c1-3-4-5-12(13-14)10-6-8-11(15-2)9-7-10/h6-9,14H,3-5H2,1-2H3/b13-12-. The molecule has 0 fully saturated rings. The number of unbranched alkanes of at least 4 members (excludes halogenated alkanes) is 1. The first kappa shape index (κ1) is 11.6. The predicted molar refractivity (Wildman–Crippen MR) is 60.8 cm³/mol. The minimum absolute atomic E-state index is 0.736. The van der Waals surface area contributed by atoms with Gasteiger partial charge in [-0.2, -0.15) is 0 Å². The summed E-state index contributed by atoms with van der Waals surface area (Å²) < 4.78 is 5.06. The van der Waals surface area contributed by atoms with Gasteiger partial charge >= 0.3 is 0 Å². The number of oxime groups is 1. The molecule has 0 aliphatic carbocycles. The van der Waals surface area contributed by atoms with E-state index in [9.17, 15) is 0 Å². The SMILES string of the molecule is CCCC/C(=N/O)c1ccc(OC)cc1. The van der Waals surface area contributed by atoms with Crippen molar-refractivity contribution in [2.24, 2.45) is 5.16 Å². The Hall–Kier alpha value is -1.51. The minimum atomic E-state index is 0.736. The molecule has 0 heterocycles. The lowest BCUT2D eigenvalue weighted by atomic mass is 10.0. The summed E-state index contributed by atoms with van der Waals surface area (Å²) in [5.74, 6) is 0.812. The predicted octanol–water partition coefficient (Wildman–Crippen LogP) is 3.06. The molecule has 0 unspecified atom stereocenters. The summed E-state index contributed by atoms with van der Waals surface area (Å²) in [5.41, 5.74) is 1.69. The third-order valence-corrected chi connectivity index (χ3v) is 2.31. The van der Waals surface area contributed by atoms with Crippen LogP contribution < -0.4 is 4.74 Å². The van der Waals surface area contributed by atoms with Crippen LogP contribution in [-0.2, 0) is 0 Å². The second-order valence-corrected chi connectivity index (χ2v) is 3.38. The van der Waals surface area contributed by atoms with Crippen molar-refractivity contribution in [3.63, 3.8) is 0 Å². The molecule has 1 N–H and O–H groups in total. The molecule has 0 spiro atoms. The largest absolute Gasteiger partial charge is 0.497 e. The lowest BCUT2D eigenvalue weighted by Gasteiger charge is -2.05. The Bertz CT molecular complexity index is 317. The highest BCUT2D eigenvalue weighted by molar-refractivity contribution is 6.00. The fraction of sp³-hybridized carbons (Fsp3) is 0.417. The Kier molecular flexibility index (Phi) is 4.68. The zero-order chi connectivity index (χ0) is 11.1. The minimum Gasteiger partial charge on any atom is -0.497 e. The molecular formula is C12H17NO2. The zero-order valence-corrected chi connectivity index (χ0v) is 9.23. The smallest absolute Gasteiger partial charge is 0.118 e. The Labute approximate surface area is 90.4 Å². The highest BCUT2D eigenvalue weighted by Gasteiger charge is 2.03. The third-order valence-electron chi connectivity index (χ3n) is 2.31. The van der Waals surface area contributed by atoms with Crippen LogP contribution >= 0.6 is 0 Å². The van der Waals surface area contributed by atoms with Gasteiger partial charge in [0.05, 0.1) is 12.8 Å².